The minimum atomic E-state index is -0.477. The quantitative estimate of drug-likeness (QED) is 0.822. The van der Waals surface area contributed by atoms with Gasteiger partial charge >= 0.3 is 6.09 Å². The smallest absolute Gasteiger partial charge is 0.407 e. The minimum absolute atomic E-state index is 0.166. The molecule has 0 aliphatic rings. The second-order valence-corrected chi connectivity index (χ2v) is 8.54. The number of aromatic nitrogens is 1. The molecule has 2 unspecified atom stereocenters. The van der Waals surface area contributed by atoms with Gasteiger partial charge in [-0.1, -0.05) is 13.8 Å². The molecule has 132 valence electrons. The molecule has 0 aliphatic heterocycles. The predicted molar refractivity (Wildman–Crippen MR) is 96.0 cm³/mol. The van der Waals surface area contributed by atoms with Gasteiger partial charge in [0.15, 0.2) is 0 Å². The predicted octanol–water partition coefficient (Wildman–Crippen LogP) is 3.96. The Morgan fingerprint density at radius 1 is 1.26 bits per heavy atom. The van der Waals surface area contributed by atoms with Crippen molar-refractivity contribution in [2.45, 2.75) is 73.1 Å². The van der Waals surface area contributed by atoms with Crippen molar-refractivity contribution in [2.75, 3.05) is 6.54 Å². The molecular formula is C17H31N3O2S. The molecule has 0 saturated heterocycles. The number of ether oxygens (including phenoxy) is 1. The van der Waals surface area contributed by atoms with Crippen LogP contribution in [0.25, 0.3) is 0 Å². The molecule has 5 nitrogen and oxygen atoms in total. The van der Waals surface area contributed by atoms with E-state index in [1.54, 1.807) is 11.3 Å². The second kappa shape index (κ2) is 8.11. The average Bonchev–Trinajstić information content (AvgIpc) is 2.70. The number of carbonyl (C=O) groups excluding carboxylic acids is 1. The lowest BCUT2D eigenvalue weighted by atomic mass is 10.0. The lowest BCUT2D eigenvalue weighted by Gasteiger charge is -2.27. The van der Waals surface area contributed by atoms with Crippen molar-refractivity contribution in [1.29, 1.82) is 0 Å². The number of nitrogens with one attached hydrogen (secondary N) is 2. The molecule has 1 heterocycles. The van der Waals surface area contributed by atoms with E-state index in [0.717, 1.165) is 10.7 Å². The Morgan fingerprint density at radius 2 is 1.87 bits per heavy atom. The minimum Gasteiger partial charge on any atom is -0.444 e. The van der Waals surface area contributed by atoms with Gasteiger partial charge in [-0.3, -0.25) is 0 Å². The fourth-order valence-electron chi connectivity index (χ4n) is 2.34. The lowest BCUT2D eigenvalue weighted by Crippen LogP contribution is -2.46. The van der Waals surface area contributed by atoms with Crippen LogP contribution in [-0.4, -0.2) is 29.3 Å². The first-order chi connectivity index (χ1) is 10.5. The van der Waals surface area contributed by atoms with Crippen molar-refractivity contribution in [3.63, 3.8) is 0 Å². The summed E-state index contributed by atoms with van der Waals surface area (Å²) < 4.78 is 5.29. The van der Waals surface area contributed by atoms with Gasteiger partial charge in [-0.05, 0) is 47.5 Å². The largest absolute Gasteiger partial charge is 0.444 e. The summed E-state index contributed by atoms with van der Waals surface area (Å²) in [5.41, 5.74) is 0.602. The number of hydrogen-bond acceptors (Lipinski definition) is 5. The Bertz CT molecular complexity index is 520. The molecule has 0 aromatic carbocycles. The highest BCUT2D eigenvalue weighted by Crippen LogP contribution is 2.25. The zero-order valence-electron chi connectivity index (χ0n) is 15.6. The molecule has 0 spiro atoms. The molecule has 0 fully saturated rings. The van der Waals surface area contributed by atoms with E-state index in [4.69, 9.17) is 4.74 Å². The van der Waals surface area contributed by atoms with Gasteiger partial charge in [-0.2, -0.15) is 0 Å². The Labute approximate surface area is 144 Å². The molecule has 0 radical (unpaired) electrons. The molecule has 0 aliphatic carbocycles. The van der Waals surface area contributed by atoms with Crippen molar-refractivity contribution in [3.8, 4) is 0 Å². The molecular weight excluding hydrogens is 310 g/mol. The van der Waals surface area contributed by atoms with Crippen LogP contribution in [-0.2, 0) is 4.74 Å². The zero-order valence-corrected chi connectivity index (χ0v) is 16.4. The highest BCUT2D eigenvalue weighted by Gasteiger charge is 2.22. The number of alkyl carbamates (subject to hydrolysis) is 1. The van der Waals surface area contributed by atoms with Crippen LogP contribution in [0, 0.1) is 19.8 Å². The zero-order chi connectivity index (χ0) is 17.8. The van der Waals surface area contributed by atoms with Gasteiger partial charge in [-0.15, -0.1) is 11.3 Å². The molecule has 2 atom stereocenters. The van der Waals surface area contributed by atoms with Gasteiger partial charge in [0.25, 0.3) is 0 Å². The maximum atomic E-state index is 11.8. The maximum absolute atomic E-state index is 11.8. The third kappa shape index (κ3) is 6.87. The molecule has 2 N–H and O–H groups in total. The summed E-state index contributed by atoms with van der Waals surface area (Å²) in [6.45, 7) is 16.6. The molecule has 6 heteroatoms. The van der Waals surface area contributed by atoms with Crippen molar-refractivity contribution >= 4 is 17.4 Å². The summed E-state index contributed by atoms with van der Waals surface area (Å²) in [5.74, 6) is 0.390. The van der Waals surface area contributed by atoms with E-state index in [1.807, 2.05) is 34.6 Å². The van der Waals surface area contributed by atoms with Gasteiger partial charge in [0.1, 0.15) is 5.60 Å². The van der Waals surface area contributed by atoms with Crippen molar-refractivity contribution < 1.29 is 9.53 Å². The van der Waals surface area contributed by atoms with Crippen LogP contribution in [0.15, 0.2) is 0 Å². The summed E-state index contributed by atoms with van der Waals surface area (Å²) in [5, 5.41) is 7.55. The number of carbonyl (C=O) groups is 1. The summed E-state index contributed by atoms with van der Waals surface area (Å²) >= 11 is 1.72. The molecule has 0 bridgehead atoms. The molecule has 1 aromatic heterocycles. The molecule has 1 rings (SSSR count). The number of nitrogens with zero attached hydrogens (tertiary/aromatic N) is 1. The van der Waals surface area contributed by atoms with Crippen LogP contribution in [0.2, 0.25) is 0 Å². The Kier molecular flexibility index (Phi) is 7.02. The number of thiazole rings is 1. The topological polar surface area (TPSA) is 63.2 Å². The third-order valence-electron chi connectivity index (χ3n) is 3.47. The van der Waals surface area contributed by atoms with E-state index in [2.05, 4.69) is 36.4 Å². The van der Waals surface area contributed by atoms with Crippen LogP contribution in [0.3, 0.4) is 0 Å². The first-order valence-corrected chi connectivity index (χ1v) is 8.98. The third-order valence-corrected chi connectivity index (χ3v) is 4.72. The van der Waals surface area contributed by atoms with Crippen LogP contribution in [0.1, 0.15) is 63.2 Å². The standard InChI is InChI=1S/C17H31N3O2S/c1-10(2)14(9-18-16(21)22-17(6,7)8)20-12(4)15-11(3)19-13(5)23-15/h10,12,14,20H,9H2,1-8H3,(H,18,21). The summed E-state index contributed by atoms with van der Waals surface area (Å²) in [4.78, 5) is 17.6. The molecule has 0 saturated carbocycles. The number of aryl methyl sites for hydroxylation is 2. The van der Waals surface area contributed by atoms with Crippen molar-refractivity contribution in [2.24, 2.45) is 5.92 Å². The van der Waals surface area contributed by atoms with Crippen LogP contribution in [0.5, 0.6) is 0 Å². The summed E-state index contributed by atoms with van der Waals surface area (Å²) in [6, 6.07) is 0.369. The molecule has 1 aromatic rings. The molecule has 1 amide bonds. The van der Waals surface area contributed by atoms with Gasteiger partial charge in [0.05, 0.1) is 10.7 Å². The normalized spacial score (nSPS) is 14.7. The number of rotatable bonds is 6. The van der Waals surface area contributed by atoms with Crippen molar-refractivity contribution in [3.05, 3.63) is 15.6 Å². The Morgan fingerprint density at radius 3 is 2.30 bits per heavy atom. The SMILES string of the molecule is Cc1nc(C)c(C(C)NC(CNC(=O)OC(C)(C)C)C(C)C)s1. The Hall–Kier alpha value is -1.14. The number of hydrogen-bond donors (Lipinski definition) is 2. The first kappa shape index (κ1) is 19.9. The van der Waals surface area contributed by atoms with Gasteiger partial charge < -0.3 is 15.4 Å². The van der Waals surface area contributed by atoms with E-state index in [1.165, 1.54) is 4.88 Å². The van der Waals surface area contributed by atoms with Gasteiger partial charge in [0.2, 0.25) is 0 Å². The number of amides is 1. The first-order valence-electron chi connectivity index (χ1n) is 8.16. The average molecular weight is 342 g/mol. The second-order valence-electron chi connectivity index (χ2n) is 7.30. The van der Waals surface area contributed by atoms with Gasteiger partial charge in [0, 0.05) is 23.5 Å². The molecule has 23 heavy (non-hydrogen) atoms. The monoisotopic (exact) mass is 341 g/mol. The summed E-state index contributed by atoms with van der Waals surface area (Å²) in [7, 11) is 0. The highest BCUT2D eigenvalue weighted by molar-refractivity contribution is 7.11. The van der Waals surface area contributed by atoms with Crippen LogP contribution < -0.4 is 10.6 Å². The van der Waals surface area contributed by atoms with Crippen LogP contribution in [0.4, 0.5) is 4.79 Å². The Balaban J connectivity index is 2.62. The van der Waals surface area contributed by atoms with E-state index >= 15 is 0 Å². The highest BCUT2D eigenvalue weighted by atomic mass is 32.1. The fraction of sp³-hybridized carbons (Fsp3) is 0.765. The van der Waals surface area contributed by atoms with E-state index in [0.29, 0.717) is 12.5 Å². The fourth-order valence-corrected chi connectivity index (χ4v) is 3.28. The maximum Gasteiger partial charge on any atom is 0.407 e. The van der Waals surface area contributed by atoms with Crippen molar-refractivity contribution in [1.82, 2.24) is 15.6 Å². The van der Waals surface area contributed by atoms with E-state index in [9.17, 15) is 4.79 Å². The van der Waals surface area contributed by atoms with Gasteiger partial charge in [-0.25, -0.2) is 9.78 Å². The van der Waals surface area contributed by atoms with E-state index in [-0.39, 0.29) is 18.2 Å². The van der Waals surface area contributed by atoms with Crippen LogP contribution >= 0.6 is 11.3 Å². The van der Waals surface area contributed by atoms with E-state index < -0.39 is 5.60 Å². The summed E-state index contributed by atoms with van der Waals surface area (Å²) in [6.07, 6.45) is -0.373. The lowest BCUT2D eigenvalue weighted by molar-refractivity contribution is 0.0518.